The summed E-state index contributed by atoms with van der Waals surface area (Å²) in [5, 5.41) is 9.02. The molecule has 3 heterocycles. The number of anilines is 1. The van der Waals surface area contributed by atoms with E-state index in [0.29, 0.717) is 12.1 Å². The average molecular weight is 275 g/mol. The number of aromatic carboxylic acids is 1. The number of nitrogens with zero attached hydrogens (tertiary/aromatic N) is 3. The molecule has 6 nitrogen and oxygen atoms in total. The molecule has 106 valence electrons. The van der Waals surface area contributed by atoms with Gasteiger partial charge in [0.25, 0.3) is 0 Å². The summed E-state index contributed by atoms with van der Waals surface area (Å²) >= 11 is 0. The largest absolute Gasteiger partial charge is 0.478 e. The molecule has 1 aromatic rings. The number of carbonyl (C=O) groups excluding carboxylic acids is 1. The van der Waals surface area contributed by atoms with Crippen LogP contribution in [-0.2, 0) is 4.79 Å². The van der Waals surface area contributed by atoms with Gasteiger partial charge in [-0.2, -0.15) is 0 Å². The lowest BCUT2D eigenvalue weighted by Crippen LogP contribution is -2.51. The lowest BCUT2D eigenvalue weighted by atomic mass is 10.1. The Morgan fingerprint density at radius 2 is 2.20 bits per heavy atom. The standard InChI is InChI=1S/C14H17N3O3/c1-9-11(14(19)20)3-4-12(15-9)16-6-7-17-10(8-16)2-5-13(17)18/h3-4,10H,2,5-8H2,1H3,(H,19,20). The van der Waals surface area contributed by atoms with Gasteiger partial charge in [0.15, 0.2) is 0 Å². The van der Waals surface area contributed by atoms with Crippen LogP contribution < -0.4 is 4.90 Å². The fourth-order valence-corrected chi connectivity index (χ4v) is 3.02. The van der Waals surface area contributed by atoms with E-state index in [2.05, 4.69) is 9.88 Å². The van der Waals surface area contributed by atoms with Crippen LogP contribution in [-0.4, -0.2) is 52.5 Å². The van der Waals surface area contributed by atoms with Crippen molar-refractivity contribution < 1.29 is 14.7 Å². The highest BCUT2D eigenvalue weighted by Crippen LogP contribution is 2.25. The number of piperazine rings is 1. The Morgan fingerprint density at radius 3 is 2.90 bits per heavy atom. The summed E-state index contributed by atoms with van der Waals surface area (Å²) in [4.78, 5) is 31.1. The maximum Gasteiger partial charge on any atom is 0.337 e. The zero-order valence-corrected chi connectivity index (χ0v) is 11.4. The second-order valence-electron chi connectivity index (χ2n) is 5.33. The molecular weight excluding hydrogens is 258 g/mol. The van der Waals surface area contributed by atoms with Gasteiger partial charge in [-0.15, -0.1) is 0 Å². The van der Waals surface area contributed by atoms with Crippen molar-refractivity contribution in [3.05, 3.63) is 23.4 Å². The second-order valence-corrected chi connectivity index (χ2v) is 5.33. The van der Waals surface area contributed by atoms with E-state index in [1.54, 1.807) is 19.1 Å². The first-order chi connectivity index (χ1) is 9.56. The topological polar surface area (TPSA) is 73.7 Å². The highest BCUT2D eigenvalue weighted by Gasteiger charge is 2.35. The van der Waals surface area contributed by atoms with Gasteiger partial charge >= 0.3 is 5.97 Å². The van der Waals surface area contributed by atoms with E-state index in [0.717, 1.165) is 31.9 Å². The fraction of sp³-hybridized carbons (Fsp3) is 0.500. The van der Waals surface area contributed by atoms with Gasteiger partial charge in [0.2, 0.25) is 5.91 Å². The van der Waals surface area contributed by atoms with Gasteiger partial charge in [-0.3, -0.25) is 4.79 Å². The Labute approximate surface area is 117 Å². The summed E-state index contributed by atoms with van der Waals surface area (Å²) in [5.41, 5.74) is 0.767. The van der Waals surface area contributed by atoms with Crippen molar-refractivity contribution in [3.63, 3.8) is 0 Å². The molecule has 0 spiro atoms. The number of pyridine rings is 1. The predicted molar refractivity (Wildman–Crippen MR) is 72.9 cm³/mol. The monoisotopic (exact) mass is 275 g/mol. The van der Waals surface area contributed by atoms with Gasteiger partial charge in [0, 0.05) is 32.1 Å². The van der Waals surface area contributed by atoms with Gasteiger partial charge in [-0.1, -0.05) is 0 Å². The molecule has 0 aromatic carbocycles. The normalized spacial score (nSPS) is 22.1. The first kappa shape index (κ1) is 12.9. The molecule has 6 heteroatoms. The number of amides is 1. The fourth-order valence-electron chi connectivity index (χ4n) is 3.02. The van der Waals surface area contributed by atoms with E-state index < -0.39 is 5.97 Å². The van der Waals surface area contributed by atoms with Crippen LogP contribution in [0.15, 0.2) is 12.1 Å². The summed E-state index contributed by atoms with van der Waals surface area (Å²) in [6.07, 6.45) is 1.55. The van der Waals surface area contributed by atoms with Crippen LogP contribution in [0.5, 0.6) is 0 Å². The molecule has 1 amide bonds. The lowest BCUT2D eigenvalue weighted by Gasteiger charge is -2.38. The number of aromatic nitrogens is 1. The van der Waals surface area contributed by atoms with Crippen LogP contribution in [0, 0.1) is 6.92 Å². The molecule has 1 aromatic heterocycles. The molecule has 0 saturated carbocycles. The molecule has 2 saturated heterocycles. The Bertz CT molecular complexity index is 573. The van der Waals surface area contributed by atoms with Crippen LogP contribution in [0.3, 0.4) is 0 Å². The number of hydrogen-bond acceptors (Lipinski definition) is 4. The summed E-state index contributed by atoms with van der Waals surface area (Å²) in [5.74, 6) is 0.0965. The summed E-state index contributed by atoms with van der Waals surface area (Å²) in [6.45, 7) is 3.97. The molecule has 20 heavy (non-hydrogen) atoms. The van der Waals surface area contributed by atoms with Crippen molar-refractivity contribution >= 4 is 17.7 Å². The van der Waals surface area contributed by atoms with Gasteiger partial charge in [0.1, 0.15) is 5.82 Å². The van der Waals surface area contributed by atoms with Crippen LogP contribution in [0.2, 0.25) is 0 Å². The van der Waals surface area contributed by atoms with E-state index in [1.165, 1.54) is 0 Å². The number of hydrogen-bond donors (Lipinski definition) is 1. The highest BCUT2D eigenvalue weighted by molar-refractivity contribution is 5.89. The first-order valence-electron chi connectivity index (χ1n) is 6.81. The Balaban J connectivity index is 1.79. The van der Waals surface area contributed by atoms with Crippen molar-refractivity contribution in [2.24, 2.45) is 0 Å². The number of carbonyl (C=O) groups is 2. The minimum Gasteiger partial charge on any atom is -0.478 e. The highest BCUT2D eigenvalue weighted by atomic mass is 16.4. The van der Waals surface area contributed by atoms with Crippen molar-refractivity contribution in [1.82, 2.24) is 9.88 Å². The molecule has 2 aliphatic rings. The van der Waals surface area contributed by atoms with Gasteiger partial charge in [-0.25, -0.2) is 9.78 Å². The Morgan fingerprint density at radius 1 is 1.40 bits per heavy atom. The van der Waals surface area contributed by atoms with Crippen molar-refractivity contribution in [3.8, 4) is 0 Å². The second kappa shape index (κ2) is 4.77. The Hall–Kier alpha value is -2.11. The summed E-state index contributed by atoms with van der Waals surface area (Å²) in [6, 6.07) is 3.63. The molecule has 1 unspecified atom stereocenters. The molecule has 3 rings (SSSR count). The third-order valence-electron chi connectivity index (χ3n) is 4.12. The maximum atomic E-state index is 11.7. The van der Waals surface area contributed by atoms with Crippen LogP contribution >= 0.6 is 0 Å². The lowest BCUT2D eigenvalue weighted by molar-refractivity contribution is -0.129. The smallest absolute Gasteiger partial charge is 0.337 e. The zero-order chi connectivity index (χ0) is 14.3. The van der Waals surface area contributed by atoms with E-state index >= 15 is 0 Å². The van der Waals surface area contributed by atoms with Crippen LogP contribution in [0.1, 0.15) is 28.9 Å². The molecule has 0 bridgehead atoms. The number of carboxylic acid groups (broad SMARTS) is 1. The van der Waals surface area contributed by atoms with Crippen LogP contribution in [0.4, 0.5) is 5.82 Å². The molecule has 1 atom stereocenters. The minimum absolute atomic E-state index is 0.239. The zero-order valence-electron chi connectivity index (χ0n) is 11.4. The predicted octanol–water partition coefficient (Wildman–Crippen LogP) is 0.899. The molecular formula is C14H17N3O3. The summed E-state index contributed by atoms with van der Waals surface area (Å²) < 4.78 is 0. The molecule has 2 fully saturated rings. The molecule has 0 aliphatic carbocycles. The van der Waals surface area contributed by atoms with E-state index in [-0.39, 0.29) is 17.5 Å². The van der Waals surface area contributed by atoms with Crippen molar-refractivity contribution in [2.75, 3.05) is 24.5 Å². The molecule has 2 aliphatic heterocycles. The van der Waals surface area contributed by atoms with E-state index in [1.807, 2.05) is 4.90 Å². The quantitative estimate of drug-likeness (QED) is 0.868. The van der Waals surface area contributed by atoms with E-state index in [9.17, 15) is 9.59 Å². The van der Waals surface area contributed by atoms with Crippen LogP contribution in [0.25, 0.3) is 0 Å². The van der Waals surface area contributed by atoms with Gasteiger partial charge in [0.05, 0.1) is 11.3 Å². The van der Waals surface area contributed by atoms with Crippen molar-refractivity contribution in [2.45, 2.75) is 25.8 Å². The number of fused-ring (bicyclic) bond motifs is 1. The average Bonchev–Trinajstić information content (AvgIpc) is 2.79. The third-order valence-corrected chi connectivity index (χ3v) is 4.12. The maximum absolute atomic E-state index is 11.7. The SMILES string of the molecule is Cc1nc(N2CCN3C(=O)CCC3C2)ccc1C(=O)O. The van der Waals surface area contributed by atoms with Crippen molar-refractivity contribution in [1.29, 1.82) is 0 Å². The van der Waals surface area contributed by atoms with E-state index in [4.69, 9.17) is 5.11 Å². The molecule has 0 radical (unpaired) electrons. The Kier molecular flexibility index (Phi) is 3.08. The summed E-state index contributed by atoms with van der Waals surface area (Å²) in [7, 11) is 0. The van der Waals surface area contributed by atoms with Gasteiger partial charge < -0.3 is 14.9 Å². The molecule has 1 N–H and O–H groups in total. The third kappa shape index (κ3) is 2.11. The number of aryl methyl sites for hydroxylation is 1. The van der Waals surface area contributed by atoms with Gasteiger partial charge in [-0.05, 0) is 25.5 Å². The minimum atomic E-state index is -0.951. The number of rotatable bonds is 2. The number of carboxylic acids is 1. The first-order valence-corrected chi connectivity index (χ1v) is 6.81.